The van der Waals surface area contributed by atoms with Crippen LogP contribution < -0.4 is 5.32 Å². The van der Waals surface area contributed by atoms with E-state index in [1.165, 1.54) is 0 Å². The number of aromatic nitrogens is 2. The zero-order valence-electron chi connectivity index (χ0n) is 12.2. The molecule has 1 atom stereocenters. The maximum atomic E-state index is 12.0. The second kappa shape index (κ2) is 6.79. The predicted molar refractivity (Wildman–Crippen MR) is 86.8 cm³/mol. The number of halogens is 1. The largest absolute Gasteiger partial charge is 0.388 e. The summed E-state index contributed by atoms with van der Waals surface area (Å²) in [6.45, 7) is 0.774. The van der Waals surface area contributed by atoms with E-state index in [2.05, 4.69) is 15.3 Å². The molecule has 1 aliphatic rings. The van der Waals surface area contributed by atoms with E-state index in [1.807, 2.05) is 30.5 Å². The number of nitrogens with zero attached hydrogens (tertiary/aromatic N) is 1. The van der Waals surface area contributed by atoms with E-state index in [-0.39, 0.29) is 11.7 Å². The summed E-state index contributed by atoms with van der Waals surface area (Å²) in [6.07, 6.45) is 7.40. The minimum atomic E-state index is 0.153. The highest BCUT2D eigenvalue weighted by Crippen LogP contribution is 2.34. The van der Waals surface area contributed by atoms with Gasteiger partial charge < -0.3 is 10.3 Å². The summed E-state index contributed by atoms with van der Waals surface area (Å²) >= 11 is 6.26. The molecule has 1 aliphatic carbocycles. The van der Waals surface area contributed by atoms with Gasteiger partial charge in [-0.1, -0.05) is 29.8 Å². The molecule has 0 saturated carbocycles. The quantitative estimate of drug-likeness (QED) is 0.890. The lowest BCUT2D eigenvalue weighted by molar-refractivity contribution is -0.115. The lowest BCUT2D eigenvalue weighted by atomic mass is 9.85. The van der Waals surface area contributed by atoms with Gasteiger partial charge >= 0.3 is 0 Å². The maximum Gasteiger partial charge on any atom is 0.158 e. The van der Waals surface area contributed by atoms with E-state index in [9.17, 15) is 4.79 Å². The first kappa shape index (κ1) is 14.9. The van der Waals surface area contributed by atoms with Crippen molar-refractivity contribution >= 4 is 17.4 Å². The second-order valence-corrected chi connectivity index (χ2v) is 5.92. The van der Waals surface area contributed by atoms with Gasteiger partial charge in [-0.05, 0) is 24.0 Å². The Balaban J connectivity index is 1.63. The number of rotatable bonds is 5. The van der Waals surface area contributed by atoms with Crippen LogP contribution >= 0.6 is 11.6 Å². The predicted octanol–water partition coefficient (Wildman–Crippen LogP) is 3.23. The van der Waals surface area contributed by atoms with Crippen LogP contribution in [-0.2, 0) is 11.2 Å². The Morgan fingerprint density at radius 2 is 2.18 bits per heavy atom. The molecule has 0 aliphatic heterocycles. The summed E-state index contributed by atoms with van der Waals surface area (Å²) in [5.74, 6) is 0.307. The Morgan fingerprint density at radius 1 is 1.32 bits per heavy atom. The van der Waals surface area contributed by atoms with Crippen molar-refractivity contribution in [3.8, 4) is 0 Å². The number of aromatic amines is 1. The molecule has 0 bridgehead atoms. The SMILES string of the molecule is O=C1C=C(NCCc2cnc[nH]2)CC(c2ccccc2Cl)C1. The molecule has 1 aromatic heterocycles. The van der Waals surface area contributed by atoms with Crippen molar-refractivity contribution in [3.63, 3.8) is 0 Å². The minimum Gasteiger partial charge on any atom is -0.388 e. The van der Waals surface area contributed by atoms with Crippen molar-refractivity contribution in [2.75, 3.05) is 6.54 Å². The molecule has 0 fully saturated rings. The van der Waals surface area contributed by atoms with Gasteiger partial charge in [-0.2, -0.15) is 0 Å². The van der Waals surface area contributed by atoms with Crippen LogP contribution in [0, 0.1) is 0 Å². The summed E-state index contributed by atoms with van der Waals surface area (Å²) in [5.41, 5.74) is 3.12. The maximum absolute atomic E-state index is 12.0. The average molecular weight is 316 g/mol. The number of imidazole rings is 1. The minimum absolute atomic E-state index is 0.153. The Bertz CT molecular complexity index is 679. The van der Waals surface area contributed by atoms with Crippen molar-refractivity contribution in [2.45, 2.75) is 25.2 Å². The molecule has 0 radical (unpaired) electrons. The number of H-pyrrole nitrogens is 1. The first-order valence-corrected chi connectivity index (χ1v) is 7.79. The fourth-order valence-electron chi connectivity index (χ4n) is 2.82. The van der Waals surface area contributed by atoms with Crippen LogP contribution in [0.3, 0.4) is 0 Å². The van der Waals surface area contributed by atoms with Crippen molar-refractivity contribution in [2.24, 2.45) is 0 Å². The summed E-state index contributed by atoms with van der Waals surface area (Å²) in [6, 6.07) is 7.77. The fraction of sp³-hybridized carbons (Fsp3) is 0.294. The van der Waals surface area contributed by atoms with Crippen LogP contribution in [0.25, 0.3) is 0 Å². The standard InChI is InChI=1S/C17H18ClN3O/c18-17-4-2-1-3-16(17)12-7-14(9-15(22)8-12)20-6-5-13-10-19-11-21-13/h1-4,9-12,20H,5-8H2,(H,19,21). The summed E-state index contributed by atoms with van der Waals surface area (Å²) in [7, 11) is 0. The van der Waals surface area contributed by atoms with Gasteiger partial charge in [0.25, 0.3) is 0 Å². The Kier molecular flexibility index (Phi) is 4.59. The van der Waals surface area contributed by atoms with E-state index >= 15 is 0 Å². The summed E-state index contributed by atoms with van der Waals surface area (Å²) in [5, 5.41) is 4.09. The fourth-order valence-corrected chi connectivity index (χ4v) is 3.11. The molecule has 3 rings (SSSR count). The molecule has 1 aromatic carbocycles. The lowest BCUT2D eigenvalue weighted by Crippen LogP contribution is -2.24. The van der Waals surface area contributed by atoms with E-state index in [0.29, 0.717) is 6.42 Å². The Hall–Kier alpha value is -2.07. The van der Waals surface area contributed by atoms with Crippen LogP contribution in [0.2, 0.25) is 5.02 Å². The van der Waals surface area contributed by atoms with Gasteiger partial charge in [0.2, 0.25) is 0 Å². The van der Waals surface area contributed by atoms with Crippen molar-refractivity contribution in [1.82, 2.24) is 15.3 Å². The monoisotopic (exact) mass is 315 g/mol. The van der Waals surface area contributed by atoms with E-state index in [1.54, 1.807) is 12.4 Å². The van der Waals surface area contributed by atoms with Gasteiger partial charge in [0, 0.05) is 48.1 Å². The van der Waals surface area contributed by atoms with E-state index in [4.69, 9.17) is 11.6 Å². The van der Waals surface area contributed by atoms with E-state index in [0.717, 1.165) is 41.4 Å². The van der Waals surface area contributed by atoms with Gasteiger partial charge in [-0.3, -0.25) is 4.79 Å². The number of carbonyl (C=O) groups excluding carboxylic acids is 1. The Labute approximate surface area is 134 Å². The zero-order chi connectivity index (χ0) is 15.4. The average Bonchev–Trinajstić information content (AvgIpc) is 3.00. The first-order chi connectivity index (χ1) is 10.7. The van der Waals surface area contributed by atoms with Crippen molar-refractivity contribution in [3.05, 3.63) is 64.8 Å². The third-order valence-electron chi connectivity index (χ3n) is 3.90. The molecule has 22 heavy (non-hydrogen) atoms. The molecule has 1 heterocycles. The van der Waals surface area contributed by atoms with E-state index < -0.39 is 0 Å². The first-order valence-electron chi connectivity index (χ1n) is 7.41. The van der Waals surface area contributed by atoms with Crippen LogP contribution in [0.5, 0.6) is 0 Å². The highest BCUT2D eigenvalue weighted by atomic mass is 35.5. The number of carbonyl (C=O) groups is 1. The molecule has 4 nitrogen and oxygen atoms in total. The van der Waals surface area contributed by atoms with Crippen molar-refractivity contribution in [1.29, 1.82) is 0 Å². The summed E-state index contributed by atoms with van der Waals surface area (Å²) < 4.78 is 0. The molecule has 2 aromatic rings. The van der Waals surface area contributed by atoms with Gasteiger partial charge in [0.15, 0.2) is 5.78 Å². The van der Waals surface area contributed by atoms with Gasteiger partial charge in [-0.25, -0.2) is 4.98 Å². The molecule has 114 valence electrons. The van der Waals surface area contributed by atoms with Gasteiger partial charge in [0.1, 0.15) is 0 Å². The second-order valence-electron chi connectivity index (χ2n) is 5.52. The molecule has 0 spiro atoms. The number of ketones is 1. The zero-order valence-corrected chi connectivity index (χ0v) is 12.9. The van der Waals surface area contributed by atoms with Gasteiger partial charge in [-0.15, -0.1) is 0 Å². The third-order valence-corrected chi connectivity index (χ3v) is 4.24. The third kappa shape index (κ3) is 3.57. The number of hydrogen-bond donors (Lipinski definition) is 2. The molecule has 5 heteroatoms. The highest BCUT2D eigenvalue weighted by molar-refractivity contribution is 6.31. The summed E-state index contributed by atoms with van der Waals surface area (Å²) in [4.78, 5) is 19.0. The van der Waals surface area contributed by atoms with Crippen LogP contribution in [0.1, 0.15) is 30.0 Å². The van der Waals surface area contributed by atoms with Gasteiger partial charge in [0.05, 0.1) is 6.33 Å². The number of allylic oxidation sites excluding steroid dienone is 2. The van der Waals surface area contributed by atoms with Crippen molar-refractivity contribution < 1.29 is 4.79 Å². The van der Waals surface area contributed by atoms with Crippen LogP contribution in [-0.4, -0.2) is 22.3 Å². The smallest absolute Gasteiger partial charge is 0.158 e. The molecule has 0 amide bonds. The molecule has 0 saturated heterocycles. The number of nitrogens with one attached hydrogen (secondary N) is 2. The van der Waals surface area contributed by atoms with Crippen LogP contribution in [0.4, 0.5) is 0 Å². The number of hydrogen-bond acceptors (Lipinski definition) is 3. The molecule has 1 unspecified atom stereocenters. The lowest BCUT2D eigenvalue weighted by Gasteiger charge is -2.24. The Morgan fingerprint density at radius 3 is 2.95 bits per heavy atom. The van der Waals surface area contributed by atoms with Crippen LogP contribution in [0.15, 0.2) is 48.6 Å². The molecular weight excluding hydrogens is 298 g/mol. The molecular formula is C17H18ClN3O. The highest BCUT2D eigenvalue weighted by Gasteiger charge is 2.23. The topological polar surface area (TPSA) is 57.8 Å². The number of benzene rings is 1. The normalized spacial score (nSPS) is 18.1. The molecule has 2 N–H and O–H groups in total.